The van der Waals surface area contributed by atoms with Crippen LogP contribution in [0.3, 0.4) is 0 Å². The Balaban J connectivity index is 1.56. The highest BCUT2D eigenvalue weighted by molar-refractivity contribution is 5.83. The molecule has 2 amide bonds. The van der Waals surface area contributed by atoms with Crippen LogP contribution in [0.5, 0.6) is 0 Å². The van der Waals surface area contributed by atoms with Gasteiger partial charge >= 0.3 is 0 Å². The molecule has 1 saturated carbocycles. The molecule has 0 unspecified atom stereocenters. The van der Waals surface area contributed by atoms with E-state index in [0.717, 1.165) is 44.2 Å². The number of carbonyl (C=O) groups is 2. The number of likely N-dealkylation sites (tertiary alicyclic amines) is 1. The van der Waals surface area contributed by atoms with Gasteiger partial charge in [0.1, 0.15) is 5.82 Å². The summed E-state index contributed by atoms with van der Waals surface area (Å²) >= 11 is 0. The molecule has 0 spiro atoms. The van der Waals surface area contributed by atoms with Gasteiger partial charge in [-0.1, -0.05) is 6.42 Å². The van der Waals surface area contributed by atoms with E-state index in [1.165, 1.54) is 19.3 Å². The molecule has 1 aliphatic heterocycles. The molecule has 2 heterocycles. The molecular weight excluding hydrogens is 316 g/mol. The molecule has 1 aliphatic carbocycles. The highest BCUT2D eigenvalue weighted by atomic mass is 16.2. The fourth-order valence-electron chi connectivity index (χ4n) is 3.80. The molecule has 6 heteroatoms. The number of hydrogen-bond acceptors (Lipinski definition) is 3. The van der Waals surface area contributed by atoms with Crippen molar-refractivity contribution >= 4 is 11.8 Å². The monoisotopic (exact) mass is 346 g/mol. The van der Waals surface area contributed by atoms with Crippen LogP contribution in [0.2, 0.25) is 0 Å². The summed E-state index contributed by atoms with van der Waals surface area (Å²) in [5.74, 6) is 2.35. The van der Waals surface area contributed by atoms with Crippen LogP contribution in [0.25, 0.3) is 0 Å². The van der Waals surface area contributed by atoms with Gasteiger partial charge in [-0.25, -0.2) is 4.98 Å². The first-order valence-corrected chi connectivity index (χ1v) is 9.53. The molecule has 138 valence electrons. The summed E-state index contributed by atoms with van der Waals surface area (Å²) in [6.45, 7) is 2.60. The Labute approximate surface area is 150 Å². The first kappa shape index (κ1) is 18.0. The van der Waals surface area contributed by atoms with E-state index >= 15 is 0 Å². The van der Waals surface area contributed by atoms with E-state index in [-0.39, 0.29) is 11.8 Å². The number of nitrogens with zero attached hydrogens (tertiary/aromatic N) is 4. The standard InChI is InChI=1S/C19H30N4O2/c1-21(2)17(24)8-9-18(25)22-11-4-7-16(14-22)19-20-10-12-23(19)13-15-5-3-6-15/h10,12,15-16H,3-9,11,13-14H2,1-2H3/t16-/m0/s1. The van der Waals surface area contributed by atoms with Crippen LogP contribution in [0.15, 0.2) is 12.4 Å². The zero-order chi connectivity index (χ0) is 17.8. The van der Waals surface area contributed by atoms with Gasteiger partial charge in [0.05, 0.1) is 0 Å². The smallest absolute Gasteiger partial charge is 0.223 e. The first-order valence-electron chi connectivity index (χ1n) is 9.53. The van der Waals surface area contributed by atoms with E-state index in [1.807, 2.05) is 11.1 Å². The van der Waals surface area contributed by atoms with Gasteiger partial charge in [-0.15, -0.1) is 0 Å². The van der Waals surface area contributed by atoms with E-state index in [0.29, 0.717) is 18.8 Å². The Kier molecular flexibility index (Phi) is 5.76. The van der Waals surface area contributed by atoms with Crippen molar-refractivity contribution in [2.45, 2.75) is 57.4 Å². The molecule has 2 fully saturated rings. The third kappa shape index (κ3) is 4.41. The third-order valence-electron chi connectivity index (χ3n) is 5.62. The molecule has 3 rings (SSSR count). The van der Waals surface area contributed by atoms with Gasteiger partial charge in [0.15, 0.2) is 0 Å². The Hall–Kier alpha value is -1.85. The lowest BCUT2D eigenvalue weighted by molar-refractivity contribution is -0.136. The van der Waals surface area contributed by atoms with Gasteiger partial charge < -0.3 is 14.4 Å². The van der Waals surface area contributed by atoms with Crippen molar-refractivity contribution in [2.75, 3.05) is 27.2 Å². The maximum atomic E-state index is 12.5. The quantitative estimate of drug-likeness (QED) is 0.794. The Bertz CT molecular complexity index is 606. The summed E-state index contributed by atoms with van der Waals surface area (Å²) < 4.78 is 2.30. The summed E-state index contributed by atoms with van der Waals surface area (Å²) in [5.41, 5.74) is 0. The lowest BCUT2D eigenvalue weighted by Crippen LogP contribution is -2.40. The second-order valence-electron chi connectivity index (χ2n) is 7.70. The molecule has 1 saturated heterocycles. The van der Waals surface area contributed by atoms with Gasteiger partial charge in [-0.3, -0.25) is 9.59 Å². The van der Waals surface area contributed by atoms with Gasteiger partial charge in [-0.2, -0.15) is 0 Å². The topological polar surface area (TPSA) is 58.4 Å². The van der Waals surface area contributed by atoms with Crippen molar-refractivity contribution in [3.8, 4) is 0 Å². The number of imidazole rings is 1. The minimum atomic E-state index is 0.0120. The zero-order valence-electron chi connectivity index (χ0n) is 15.5. The molecule has 0 aromatic carbocycles. The Morgan fingerprint density at radius 2 is 2.00 bits per heavy atom. The fraction of sp³-hybridized carbons (Fsp3) is 0.737. The first-order chi connectivity index (χ1) is 12.0. The Morgan fingerprint density at radius 3 is 2.68 bits per heavy atom. The molecule has 0 bridgehead atoms. The van der Waals surface area contributed by atoms with E-state index in [9.17, 15) is 9.59 Å². The number of aromatic nitrogens is 2. The average molecular weight is 346 g/mol. The zero-order valence-corrected chi connectivity index (χ0v) is 15.5. The number of rotatable bonds is 6. The van der Waals surface area contributed by atoms with Crippen molar-refractivity contribution in [2.24, 2.45) is 5.92 Å². The van der Waals surface area contributed by atoms with Crippen molar-refractivity contribution in [3.05, 3.63) is 18.2 Å². The van der Waals surface area contributed by atoms with E-state index in [4.69, 9.17) is 0 Å². The number of hydrogen-bond donors (Lipinski definition) is 0. The highest BCUT2D eigenvalue weighted by Crippen LogP contribution is 2.31. The van der Waals surface area contributed by atoms with Crippen LogP contribution >= 0.6 is 0 Å². The van der Waals surface area contributed by atoms with Crippen LogP contribution in [-0.2, 0) is 16.1 Å². The molecular formula is C19H30N4O2. The summed E-state index contributed by atoms with van der Waals surface area (Å²) in [7, 11) is 3.46. The molecule has 1 atom stereocenters. The molecule has 0 radical (unpaired) electrons. The SMILES string of the molecule is CN(C)C(=O)CCC(=O)N1CCC[C@H](c2nccn2CC2CCC2)C1. The van der Waals surface area contributed by atoms with Gasteiger partial charge in [-0.05, 0) is 31.6 Å². The maximum Gasteiger partial charge on any atom is 0.223 e. The fourth-order valence-corrected chi connectivity index (χ4v) is 3.80. The second-order valence-corrected chi connectivity index (χ2v) is 7.70. The molecule has 2 aliphatic rings. The van der Waals surface area contributed by atoms with E-state index in [2.05, 4.69) is 15.7 Å². The highest BCUT2D eigenvalue weighted by Gasteiger charge is 2.28. The molecule has 1 aromatic rings. The largest absolute Gasteiger partial charge is 0.349 e. The summed E-state index contributed by atoms with van der Waals surface area (Å²) in [6, 6.07) is 0. The minimum Gasteiger partial charge on any atom is -0.349 e. The van der Waals surface area contributed by atoms with Gasteiger partial charge in [0, 0.05) is 64.9 Å². The summed E-state index contributed by atoms with van der Waals surface area (Å²) in [6.07, 6.45) is 10.7. The van der Waals surface area contributed by atoms with Gasteiger partial charge in [0.25, 0.3) is 0 Å². The molecule has 1 aromatic heterocycles. The predicted molar refractivity (Wildman–Crippen MR) is 96.1 cm³/mol. The number of amides is 2. The Morgan fingerprint density at radius 1 is 1.20 bits per heavy atom. The molecule has 0 N–H and O–H groups in total. The van der Waals surface area contributed by atoms with E-state index in [1.54, 1.807) is 19.0 Å². The normalized spacial score (nSPS) is 21.0. The summed E-state index contributed by atoms with van der Waals surface area (Å²) in [5, 5.41) is 0. The average Bonchev–Trinajstić information content (AvgIpc) is 3.04. The van der Waals surface area contributed by atoms with Crippen LogP contribution < -0.4 is 0 Å². The lowest BCUT2D eigenvalue weighted by atomic mass is 9.85. The predicted octanol–water partition coefficient (Wildman–Crippen LogP) is 2.26. The second kappa shape index (κ2) is 8.02. The summed E-state index contributed by atoms with van der Waals surface area (Å²) in [4.78, 5) is 32.3. The van der Waals surface area contributed by atoms with Crippen LogP contribution in [0, 0.1) is 5.92 Å². The van der Waals surface area contributed by atoms with Crippen molar-refractivity contribution < 1.29 is 9.59 Å². The van der Waals surface area contributed by atoms with E-state index < -0.39 is 0 Å². The van der Waals surface area contributed by atoms with Crippen LogP contribution in [0.4, 0.5) is 0 Å². The van der Waals surface area contributed by atoms with Crippen molar-refractivity contribution in [1.29, 1.82) is 0 Å². The third-order valence-corrected chi connectivity index (χ3v) is 5.62. The molecule has 25 heavy (non-hydrogen) atoms. The lowest BCUT2D eigenvalue weighted by Gasteiger charge is -2.34. The minimum absolute atomic E-state index is 0.0120. The molecule has 6 nitrogen and oxygen atoms in total. The number of piperidine rings is 1. The maximum absolute atomic E-state index is 12.5. The van der Waals surface area contributed by atoms with Gasteiger partial charge in [0.2, 0.25) is 11.8 Å². The van der Waals surface area contributed by atoms with Crippen molar-refractivity contribution in [1.82, 2.24) is 19.4 Å². The van der Waals surface area contributed by atoms with Crippen molar-refractivity contribution in [3.63, 3.8) is 0 Å². The van der Waals surface area contributed by atoms with Crippen LogP contribution in [-0.4, -0.2) is 58.4 Å². The number of carbonyl (C=O) groups excluding carboxylic acids is 2. The van der Waals surface area contributed by atoms with Crippen LogP contribution in [0.1, 0.15) is 56.7 Å².